The van der Waals surface area contributed by atoms with E-state index >= 15 is 0 Å². The van der Waals surface area contributed by atoms with E-state index in [9.17, 15) is 9.90 Å². The van der Waals surface area contributed by atoms with Gasteiger partial charge in [0.1, 0.15) is 5.82 Å². The largest absolute Gasteiger partial charge is 0.390 e. The van der Waals surface area contributed by atoms with E-state index in [1.54, 1.807) is 0 Å². The average molecular weight is 357 g/mol. The van der Waals surface area contributed by atoms with Crippen LogP contribution in [0.5, 0.6) is 0 Å². The van der Waals surface area contributed by atoms with Crippen molar-refractivity contribution in [3.63, 3.8) is 0 Å². The first-order valence-electron chi connectivity index (χ1n) is 10.5. The van der Waals surface area contributed by atoms with E-state index < -0.39 is 5.60 Å². The SMILES string of the molecule is C[C@]1(O)C[C@@H](C(=O)N2CC3(CCC(c4cn5c(n4)CCCC5)CC3)C2)C1. The van der Waals surface area contributed by atoms with Crippen LogP contribution in [-0.4, -0.2) is 44.2 Å². The summed E-state index contributed by atoms with van der Waals surface area (Å²) < 4.78 is 2.38. The maximum atomic E-state index is 12.5. The quantitative estimate of drug-likeness (QED) is 0.885. The molecule has 1 saturated heterocycles. The predicted molar refractivity (Wildman–Crippen MR) is 98.7 cm³/mol. The van der Waals surface area contributed by atoms with Crippen molar-refractivity contribution < 1.29 is 9.90 Å². The fraction of sp³-hybridized carbons (Fsp3) is 0.810. The lowest BCUT2D eigenvalue weighted by Gasteiger charge is -2.55. The number of aryl methyl sites for hydroxylation is 2. The van der Waals surface area contributed by atoms with Crippen LogP contribution in [-0.2, 0) is 17.8 Å². The topological polar surface area (TPSA) is 58.4 Å². The maximum absolute atomic E-state index is 12.5. The summed E-state index contributed by atoms with van der Waals surface area (Å²) in [5.74, 6) is 2.26. The van der Waals surface area contributed by atoms with Crippen LogP contribution in [0.3, 0.4) is 0 Å². The van der Waals surface area contributed by atoms with Gasteiger partial charge in [0.2, 0.25) is 5.91 Å². The molecule has 1 amide bonds. The van der Waals surface area contributed by atoms with Gasteiger partial charge in [0.05, 0.1) is 11.3 Å². The zero-order chi connectivity index (χ0) is 17.9. The van der Waals surface area contributed by atoms with Gasteiger partial charge in [0, 0.05) is 49.5 Å². The summed E-state index contributed by atoms with van der Waals surface area (Å²) in [6.45, 7) is 4.86. The van der Waals surface area contributed by atoms with Crippen LogP contribution in [0.25, 0.3) is 0 Å². The number of imidazole rings is 1. The fourth-order valence-corrected chi connectivity index (χ4v) is 5.83. The number of carbonyl (C=O) groups excluding carboxylic acids is 1. The Balaban J connectivity index is 1.15. The molecule has 2 saturated carbocycles. The summed E-state index contributed by atoms with van der Waals surface area (Å²) in [5, 5.41) is 9.87. The number of aliphatic hydroxyl groups is 1. The third kappa shape index (κ3) is 2.79. The molecule has 3 fully saturated rings. The molecule has 5 rings (SSSR count). The molecule has 1 spiro atoms. The van der Waals surface area contributed by atoms with E-state index in [4.69, 9.17) is 4.98 Å². The highest BCUT2D eigenvalue weighted by Crippen LogP contribution is 2.49. The lowest BCUT2D eigenvalue weighted by molar-refractivity contribution is -0.163. The molecule has 1 N–H and O–H groups in total. The molecular formula is C21H31N3O2. The Hall–Kier alpha value is -1.36. The molecule has 0 bridgehead atoms. The fourth-order valence-electron chi connectivity index (χ4n) is 5.83. The monoisotopic (exact) mass is 357 g/mol. The summed E-state index contributed by atoms with van der Waals surface area (Å²) >= 11 is 0. The number of rotatable bonds is 2. The van der Waals surface area contributed by atoms with Crippen molar-refractivity contribution >= 4 is 5.91 Å². The van der Waals surface area contributed by atoms with Crippen LogP contribution in [0.2, 0.25) is 0 Å². The molecular weight excluding hydrogens is 326 g/mol. The second kappa shape index (κ2) is 5.82. The van der Waals surface area contributed by atoms with Crippen LogP contribution < -0.4 is 0 Å². The third-order valence-electron chi connectivity index (χ3n) is 7.48. The molecule has 5 nitrogen and oxygen atoms in total. The smallest absolute Gasteiger partial charge is 0.225 e. The summed E-state index contributed by atoms with van der Waals surface area (Å²) in [5.41, 5.74) is 1.09. The van der Waals surface area contributed by atoms with E-state index in [0.29, 0.717) is 24.2 Å². The first-order chi connectivity index (χ1) is 12.4. The van der Waals surface area contributed by atoms with Gasteiger partial charge in [-0.15, -0.1) is 0 Å². The van der Waals surface area contributed by atoms with Crippen LogP contribution in [0.1, 0.15) is 75.7 Å². The van der Waals surface area contributed by atoms with Gasteiger partial charge in [-0.1, -0.05) is 0 Å². The number of amides is 1. The van der Waals surface area contributed by atoms with E-state index in [0.717, 1.165) is 26.1 Å². The summed E-state index contributed by atoms with van der Waals surface area (Å²) in [6.07, 6.45) is 12.2. The maximum Gasteiger partial charge on any atom is 0.225 e. The zero-order valence-electron chi connectivity index (χ0n) is 15.9. The Morgan fingerprint density at radius 3 is 2.62 bits per heavy atom. The van der Waals surface area contributed by atoms with Crippen molar-refractivity contribution in [1.29, 1.82) is 0 Å². The van der Waals surface area contributed by atoms with Crippen LogP contribution >= 0.6 is 0 Å². The van der Waals surface area contributed by atoms with E-state index in [1.165, 1.54) is 50.0 Å². The molecule has 2 aliphatic heterocycles. The normalized spacial score (nSPS) is 33.5. The minimum Gasteiger partial charge on any atom is -0.390 e. The molecule has 2 aliphatic carbocycles. The molecule has 4 aliphatic rings. The molecule has 1 aromatic heterocycles. The van der Waals surface area contributed by atoms with Gasteiger partial charge >= 0.3 is 0 Å². The Bertz CT molecular complexity index is 675. The number of hydrogen-bond donors (Lipinski definition) is 1. The first-order valence-corrected chi connectivity index (χ1v) is 10.5. The lowest BCUT2D eigenvalue weighted by Crippen LogP contribution is -2.62. The Morgan fingerprint density at radius 1 is 1.23 bits per heavy atom. The van der Waals surface area contributed by atoms with Crippen molar-refractivity contribution in [3.05, 3.63) is 17.7 Å². The van der Waals surface area contributed by atoms with Crippen molar-refractivity contribution in [2.75, 3.05) is 13.1 Å². The second-order valence-corrected chi connectivity index (χ2v) is 9.80. The van der Waals surface area contributed by atoms with E-state index in [2.05, 4.69) is 15.7 Å². The van der Waals surface area contributed by atoms with Crippen molar-refractivity contribution in [1.82, 2.24) is 14.5 Å². The third-order valence-corrected chi connectivity index (χ3v) is 7.48. The number of nitrogens with zero attached hydrogens (tertiary/aromatic N) is 3. The van der Waals surface area contributed by atoms with E-state index in [-0.39, 0.29) is 11.8 Å². The molecule has 0 aromatic carbocycles. The van der Waals surface area contributed by atoms with Gasteiger partial charge in [-0.2, -0.15) is 0 Å². The molecule has 0 radical (unpaired) electrons. The van der Waals surface area contributed by atoms with Gasteiger partial charge in [-0.25, -0.2) is 4.98 Å². The Labute approximate surface area is 155 Å². The number of hydrogen-bond acceptors (Lipinski definition) is 3. The number of aromatic nitrogens is 2. The highest BCUT2D eigenvalue weighted by Gasteiger charge is 2.51. The van der Waals surface area contributed by atoms with Gasteiger partial charge in [0.25, 0.3) is 0 Å². The number of fused-ring (bicyclic) bond motifs is 1. The van der Waals surface area contributed by atoms with Gasteiger partial charge in [-0.3, -0.25) is 4.79 Å². The molecule has 1 aromatic rings. The Morgan fingerprint density at radius 2 is 1.96 bits per heavy atom. The van der Waals surface area contributed by atoms with Gasteiger partial charge < -0.3 is 14.6 Å². The van der Waals surface area contributed by atoms with Gasteiger partial charge in [0.15, 0.2) is 0 Å². The molecule has 0 unspecified atom stereocenters. The molecule has 3 heterocycles. The first kappa shape index (κ1) is 16.8. The predicted octanol–water partition coefficient (Wildman–Crippen LogP) is 2.87. The van der Waals surface area contributed by atoms with Crippen LogP contribution in [0.4, 0.5) is 0 Å². The van der Waals surface area contributed by atoms with Crippen molar-refractivity contribution in [3.8, 4) is 0 Å². The molecule has 142 valence electrons. The standard InChI is InChI=1S/C21H31N3O2/c1-20(26)10-16(11-20)19(25)24-13-21(14-24)7-5-15(6-8-21)17-12-23-9-3-2-4-18(23)22-17/h12,15-16,26H,2-11,13-14H2,1H3/t16-,20+. The second-order valence-electron chi connectivity index (χ2n) is 9.80. The molecule has 0 atom stereocenters. The highest BCUT2D eigenvalue weighted by atomic mass is 16.3. The summed E-state index contributed by atoms with van der Waals surface area (Å²) in [7, 11) is 0. The molecule has 26 heavy (non-hydrogen) atoms. The summed E-state index contributed by atoms with van der Waals surface area (Å²) in [4.78, 5) is 19.5. The zero-order valence-corrected chi connectivity index (χ0v) is 15.9. The number of likely N-dealkylation sites (tertiary alicyclic amines) is 1. The Kier molecular flexibility index (Phi) is 3.76. The molecule has 5 heteroatoms. The van der Waals surface area contributed by atoms with Crippen molar-refractivity contribution in [2.45, 2.75) is 82.8 Å². The summed E-state index contributed by atoms with van der Waals surface area (Å²) in [6, 6.07) is 0. The van der Waals surface area contributed by atoms with Gasteiger partial charge in [-0.05, 0) is 58.3 Å². The minimum absolute atomic E-state index is 0.0653. The lowest BCUT2D eigenvalue weighted by atomic mass is 9.64. The highest BCUT2D eigenvalue weighted by molar-refractivity contribution is 5.81. The van der Waals surface area contributed by atoms with E-state index in [1.807, 2.05) is 6.92 Å². The van der Waals surface area contributed by atoms with Crippen molar-refractivity contribution in [2.24, 2.45) is 11.3 Å². The minimum atomic E-state index is -0.606. The van der Waals surface area contributed by atoms with Crippen LogP contribution in [0, 0.1) is 11.3 Å². The number of carbonyl (C=O) groups is 1. The average Bonchev–Trinajstić information content (AvgIpc) is 3.01. The van der Waals surface area contributed by atoms with Crippen LogP contribution in [0.15, 0.2) is 6.20 Å².